The van der Waals surface area contributed by atoms with Crippen molar-refractivity contribution in [1.29, 1.82) is 0 Å². The number of benzene rings is 2. The van der Waals surface area contributed by atoms with Crippen LogP contribution in [0.1, 0.15) is 56.1 Å². The fourth-order valence-corrected chi connectivity index (χ4v) is 4.98. The predicted molar refractivity (Wildman–Crippen MR) is 119 cm³/mol. The molecule has 0 radical (unpaired) electrons. The molecule has 2 aromatic rings. The minimum atomic E-state index is 0.0337. The van der Waals surface area contributed by atoms with Crippen LogP contribution >= 0.6 is 0 Å². The van der Waals surface area contributed by atoms with Gasteiger partial charge in [0.25, 0.3) is 0 Å². The van der Waals surface area contributed by atoms with Gasteiger partial charge in [-0.05, 0) is 48.9 Å². The lowest BCUT2D eigenvalue weighted by molar-refractivity contribution is -0.122. The summed E-state index contributed by atoms with van der Waals surface area (Å²) in [6, 6.07) is 16.8. The van der Waals surface area contributed by atoms with E-state index < -0.39 is 0 Å². The van der Waals surface area contributed by atoms with E-state index in [1.165, 1.54) is 24.0 Å². The zero-order chi connectivity index (χ0) is 20.9. The Balaban J connectivity index is 1.57. The summed E-state index contributed by atoms with van der Waals surface area (Å²) in [5.74, 6) is 2.18. The van der Waals surface area contributed by atoms with Gasteiger partial charge in [0.2, 0.25) is 0 Å². The third-order valence-electron chi connectivity index (χ3n) is 6.62. The summed E-state index contributed by atoms with van der Waals surface area (Å²) in [6.07, 6.45) is 5.55. The monoisotopic (exact) mass is 407 g/mol. The zero-order valence-electron chi connectivity index (χ0n) is 18.2. The van der Waals surface area contributed by atoms with Crippen LogP contribution in [0.2, 0.25) is 0 Å². The molecule has 2 atom stereocenters. The number of rotatable bonds is 8. The van der Waals surface area contributed by atoms with Crippen molar-refractivity contribution in [3.05, 3.63) is 59.7 Å². The third kappa shape index (κ3) is 4.70. The smallest absolute Gasteiger partial charge is 0.161 e. The Labute approximate surface area is 180 Å². The van der Waals surface area contributed by atoms with Gasteiger partial charge in [0.1, 0.15) is 5.78 Å². The number of hydrogen-bond acceptors (Lipinski definition) is 4. The van der Waals surface area contributed by atoms with Crippen LogP contribution < -0.4 is 9.47 Å². The molecule has 1 heterocycles. The molecule has 0 bridgehead atoms. The first kappa shape index (κ1) is 20.9. The molecule has 2 fully saturated rings. The van der Waals surface area contributed by atoms with Crippen LogP contribution in [0.5, 0.6) is 11.5 Å². The molecule has 0 amide bonds. The minimum Gasteiger partial charge on any atom is -0.493 e. The van der Waals surface area contributed by atoms with Crippen LogP contribution in [-0.4, -0.2) is 37.0 Å². The van der Waals surface area contributed by atoms with E-state index in [-0.39, 0.29) is 17.9 Å². The van der Waals surface area contributed by atoms with Crippen LogP contribution in [0.25, 0.3) is 0 Å². The quantitative estimate of drug-likeness (QED) is 0.602. The maximum absolute atomic E-state index is 12.8. The summed E-state index contributed by atoms with van der Waals surface area (Å²) in [5, 5.41) is 0. The van der Waals surface area contributed by atoms with Gasteiger partial charge in [-0.2, -0.15) is 0 Å². The lowest BCUT2D eigenvalue weighted by Gasteiger charge is -2.21. The molecule has 2 aliphatic rings. The van der Waals surface area contributed by atoms with Crippen molar-refractivity contribution in [2.45, 2.75) is 57.6 Å². The maximum Gasteiger partial charge on any atom is 0.161 e. The summed E-state index contributed by atoms with van der Waals surface area (Å²) in [7, 11) is 1.69. The Hall–Kier alpha value is -2.33. The molecule has 2 aromatic carbocycles. The molecule has 0 unspecified atom stereocenters. The average Bonchev–Trinajstić information content (AvgIpc) is 3.44. The largest absolute Gasteiger partial charge is 0.493 e. The first-order valence-corrected chi connectivity index (χ1v) is 11.3. The van der Waals surface area contributed by atoms with Gasteiger partial charge >= 0.3 is 0 Å². The minimum absolute atomic E-state index is 0.0337. The van der Waals surface area contributed by atoms with Gasteiger partial charge in [-0.15, -0.1) is 0 Å². The molecule has 30 heavy (non-hydrogen) atoms. The molecule has 0 N–H and O–H groups in total. The standard InChI is InChI=1S/C26H33NO3/c1-3-24(28)23-18-27(16-19-9-5-4-6-10-19)17-22(23)20-13-14-25(29-2)26(15-20)30-21-11-7-8-12-21/h4-6,9-10,13-15,21-23H,3,7-8,11-12,16-18H2,1-2H3/t22-,23+/m1/s1. The Morgan fingerprint density at radius 3 is 2.50 bits per heavy atom. The number of nitrogens with zero attached hydrogens (tertiary/aromatic N) is 1. The summed E-state index contributed by atoms with van der Waals surface area (Å²) in [6.45, 7) is 4.56. The van der Waals surface area contributed by atoms with Crippen LogP contribution in [0.3, 0.4) is 0 Å². The highest BCUT2D eigenvalue weighted by Crippen LogP contribution is 2.39. The third-order valence-corrected chi connectivity index (χ3v) is 6.62. The van der Waals surface area contributed by atoms with Crippen molar-refractivity contribution in [2.75, 3.05) is 20.2 Å². The van der Waals surface area contributed by atoms with Gasteiger partial charge in [0.05, 0.1) is 13.2 Å². The number of carbonyl (C=O) groups is 1. The van der Waals surface area contributed by atoms with Crippen molar-refractivity contribution in [3.8, 4) is 11.5 Å². The van der Waals surface area contributed by atoms with Gasteiger partial charge in [-0.1, -0.05) is 43.3 Å². The Morgan fingerprint density at radius 1 is 1.03 bits per heavy atom. The molecule has 4 nitrogen and oxygen atoms in total. The molecule has 4 rings (SSSR count). The van der Waals surface area contributed by atoms with Crippen molar-refractivity contribution < 1.29 is 14.3 Å². The van der Waals surface area contributed by atoms with Crippen molar-refractivity contribution in [2.24, 2.45) is 5.92 Å². The van der Waals surface area contributed by atoms with E-state index in [0.29, 0.717) is 12.2 Å². The Kier molecular flexibility index (Phi) is 6.73. The van der Waals surface area contributed by atoms with Crippen molar-refractivity contribution in [3.63, 3.8) is 0 Å². The number of ether oxygens (including phenoxy) is 2. The number of ketones is 1. The molecule has 0 spiro atoms. The first-order valence-electron chi connectivity index (χ1n) is 11.3. The zero-order valence-corrected chi connectivity index (χ0v) is 18.2. The van der Waals surface area contributed by atoms with E-state index in [1.54, 1.807) is 7.11 Å². The van der Waals surface area contributed by atoms with Crippen LogP contribution in [0.15, 0.2) is 48.5 Å². The second-order valence-corrected chi connectivity index (χ2v) is 8.65. The maximum atomic E-state index is 12.8. The van der Waals surface area contributed by atoms with Crippen molar-refractivity contribution in [1.82, 2.24) is 4.90 Å². The highest BCUT2D eigenvalue weighted by atomic mass is 16.5. The molecule has 1 aliphatic carbocycles. The summed E-state index contributed by atoms with van der Waals surface area (Å²) < 4.78 is 11.9. The van der Waals surface area contributed by atoms with Gasteiger partial charge in [-0.3, -0.25) is 9.69 Å². The van der Waals surface area contributed by atoms with E-state index in [2.05, 4.69) is 41.3 Å². The molecule has 1 saturated carbocycles. The van der Waals surface area contributed by atoms with Crippen LogP contribution in [-0.2, 0) is 11.3 Å². The fraction of sp³-hybridized carbons (Fsp3) is 0.500. The van der Waals surface area contributed by atoms with Crippen molar-refractivity contribution >= 4 is 5.78 Å². The van der Waals surface area contributed by atoms with E-state index >= 15 is 0 Å². The second kappa shape index (κ2) is 9.65. The Bertz CT molecular complexity index is 845. The van der Waals surface area contributed by atoms with Crippen LogP contribution in [0, 0.1) is 5.92 Å². The Morgan fingerprint density at radius 2 is 1.80 bits per heavy atom. The molecule has 4 heteroatoms. The van der Waals surface area contributed by atoms with E-state index in [0.717, 1.165) is 44.0 Å². The first-order chi connectivity index (χ1) is 14.7. The predicted octanol–water partition coefficient (Wildman–Crippen LogP) is 5.21. The summed E-state index contributed by atoms with van der Waals surface area (Å²) >= 11 is 0. The molecular weight excluding hydrogens is 374 g/mol. The van der Waals surface area contributed by atoms with Gasteiger partial charge in [0.15, 0.2) is 11.5 Å². The average molecular weight is 408 g/mol. The van der Waals surface area contributed by atoms with Gasteiger partial charge in [-0.25, -0.2) is 0 Å². The highest BCUT2D eigenvalue weighted by Gasteiger charge is 2.37. The topological polar surface area (TPSA) is 38.8 Å². The summed E-state index contributed by atoms with van der Waals surface area (Å²) in [4.78, 5) is 15.2. The lowest BCUT2D eigenvalue weighted by Crippen LogP contribution is -2.23. The number of likely N-dealkylation sites (tertiary alicyclic amines) is 1. The van der Waals surface area contributed by atoms with E-state index in [9.17, 15) is 4.79 Å². The molecule has 1 saturated heterocycles. The van der Waals surface area contributed by atoms with Gasteiger partial charge < -0.3 is 9.47 Å². The van der Waals surface area contributed by atoms with Crippen LogP contribution in [0.4, 0.5) is 0 Å². The number of hydrogen-bond donors (Lipinski definition) is 0. The molecule has 160 valence electrons. The van der Waals surface area contributed by atoms with E-state index in [4.69, 9.17) is 9.47 Å². The highest BCUT2D eigenvalue weighted by molar-refractivity contribution is 5.82. The molecular formula is C26H33NO3. The SMILES string of the molecule is CCC(=O)[C@H]1CN(Cc2ccccc2)C[C@@H]1c1ccc(OC)c(OC2CCCC2)c1. The number of Topliss-reactive ketones (excluding diaryl/α,β-unsaturated/α-hetero) is 1. The normalized spacial score (nSPS) is 22.3. The molecule has 1 aliphatic heterocycles. The fourth-order valence-electron chi connectivity index (χ4n) is 4.98. The second-order valence-electron chi connectivity index (χ2n) is 8.65. The van der Waals surface area contributed by atoms with E-state index in [1.807, 2.05) is 19.1 Å². The number of carbonyl (C=O) groups excluding carboxylic acids is 1. The summed E-state index contributed by atoms with van der Waals surface area (Å²) in [5.41, 5.74) is 2.48. The lowest BCUT2D eigenvalue weighted by atomic mass is 9.85. The molecule has 0 aromatic heterocycles. The number of methoxy groups -OCH3 is 1. The van der Waals surface area contributed by atoms with Gasteiger partial charge in [0, 0.05) is 37.9 Å².